The van der Waals surface area contributed by atoms with E-state index in [0.29, 0.717) is 11.1 Å². The van der Waals surface area contributed by atoms with Crippen LogP contribution in [0.15, 0.2) is 54.7 Å². The first-order chi connectivity index (χ1) is 10.7. The molecule has 0 aliphatic heterocycles. The van der Waals surface area contributed by atoms with Crippen molar-refractivity contribution >= 4 is 28.2 Å². The van der Waals surface area contributed by atoms with Gasteiger partial charge in [0.2, 0.25) is 0 Å². The molecule has 0 radical (unpaired) electrons. The highest BCUT2D eigenvalue weighted by Gasteiger charge is 2.08. The van der Waals surface area contributed by atoms with Crippen LogP contribution in [0.5, 0.6) is 0 Å². The molecule has 0 saturated heterocycles. The maximum atomic E-state index is 10.7. The summed E-state index contributed by atoms with van der Waals surface area (Å²) < 4.78 is 0. The summed E-state index contributed by atoms with van der Waals surface area (Å²) in [5, 5.41) is 21.1. The van der Waals surface area contributed by atoms with Crippen LogP contribution in [0.3, 0.4) is 0 Å². The van der Waals surface area contributed by atoms with Crippen molar-refractivity contribution in [3.8, 4) is 6.07 Å². The Morgan fingerprint density at radius 2 is 1.91 bits per heavy atom. The van der Waals surface area contributed by atoms with E-state index in [9.17, 15) is 15.4 Å². The van der Waals surface area contributed by atoms with Crippen LogP contribution < -0.4 is 0 Å². The molecule has 0 atom stereocenters. The normalized spacial score (nSPS) is 11.3. The molecule has 1 aromatic heterocycles. The zero-order chi connectivity index (χ0) is 15.5. The Kier molecular flexibility index (Phi) is 3.42. The van der Waals surface area contributed by atoms with Crippen molar-refractivity contribution in [2.75, 3.05) is 0 Å². The molecule has 0 spiro atoms. The fourth-order valence-electron chi connectivity index (χ4n) is 2.31. The number of hydrogen-bond donors (Lipinski definition) is 1. The lowest BCUT2D eigenvalue weighted by Gasteiger charge is -1.99. The van der Waals surface area contributed by atoms with Gasteiger partial charge >= 0.3 is 0 Å². The van der Waals surface area contributed by atoms with Gasteiger partial charge < -0.3 is 4.98 Å². The van der Waals surface area contributed by atoms with Crippen molar-refractivity contribution in [3.63, 3.8) is 0 Å². The summed E-state index contributed by atoms with van der Waals surface area (Å²) in [7, 11) is 0. The second-order valence-corrected chi connectivity index (χ2v) is 4.76. The Bertz CT molecular complexity index is 915. The number of hydrogen-bond acceptors (Lipinski definition) is 3. The van der Waals surface area contributed by atoms with E-state index in [4.69, 9.17) is 0 Å². The second kappa shape index (κ2) is 5.54. The number of aromatic amines is 1. The molecule has 1 N–H and O–H groups in total. The van der Waals surface area contributed by atoms with Crippen LogP contribution >= 0.6 is 0 Å². The molecule has 1 heterocycles. The van der Waals surface area contributed by atoms with Crippen LogP contribution in [0.1, 0.15) is 11.1 Å². The Balaban J connectivity index is 2.04. The van der Waals surface area contributed by atoms with E-state index >= 15 is 0 Å². The van der Waals surface area contributed by atoms with Crippen molar-refractivity contribution in [2.24, 2.45) is 0 Å². The van der Waals surface area contributed by atoms with Crippen molar-refractivity contribution in [1.82, 2.24) is 4.98 Å². The Morgan fingerprint density at radius 3 is 2.59 bits per heavy atom. The van der Waals surface area contributed by atoms with E-state index in [1.54, 1.807) is 18.2 Å². The smallest absolute Gasteiger partial charge is 0.269 e. The monoisotopic (exact) mass is 289 g/mol. The minimum Gasteiger partial charge on any atom is -0.361 e. The number of nitriles is 1. The number of nitro groups is 1. The van der Waals surface area contributed by atoms with E-state index in [0.717, 1.165) is 16.5 Å². The number of aromatic nitrogens is 1. The second-order valence-electron chi connectivity index (χ2n) is 4.76. The van der Waals surface area contributed by atoms with Crippen LogP contribution in [0.2, 0.25) is 0 Å². The number of non-ortho nitro benzene ring substituents is 1. The predicted molar refractivity (Wildman–Crippen MR) is 84.9 cm³/mol. The molecular formula is C17H11N3O2. The third-order valence-electron chi connectivity index (χ3n) is 3.43. The fourth-order valence-corrected chi connectivity index (χ4v) is 2.31. The van der Waals surface area contributed by atoms with Gasteiger partial charge in [-0.15, -0.1) is 0 Å². The number of nitro benzene ring substituents is 1. The third kappa shape index (κ3) is 2.45. The van der Waals surface area contributed by atoms with Gasteiger partial charge in [-0.25, -0.2) is 0 Å². The average Bonchev–Trinajstić information content (AvgIpc) is 2.96. The molecule has 5 nitrogen and oxygen atoms in total. The maximum Gasteiger partial charge on any atom is 0.269 e. The summed E-state index contributed by atoms with van der Waals surface area (Å²) in [5.74, 6) is 0. The standard InChI is InChI=1S/C17H11N3O2/c18-10-13(12-5-7-15(8-6-12)20(21)22)9-14-11-19-17-4-2-1-3-16(14)17/h1-9,11,19H. The van der Waals surface area contributed by atoms with Crippen molar-refractivity contribution < 1.29 is 4.92 Å². The number of rotatable bonds is 3. The Hall–Kier alpha value is -3.39. The summed E-state index contributed by atoms with van der Waals surface area (Å²) in [6.45, 7) is 0. The van der Waals surface area contributed by atoms with Crippen molar-refractivity contribution in [3.05, 3.63) is 76.0 Å². The number of nitrogens with zero attached hydrogens (tertiary/aromatic N) is 2. The molecule has 0 aliphatic rings. The number of fused-ring (bicyclic) bond motifs is 1. The topological polar surface area (TPSA) is 82.7 Å². The van der Waals surface area contributed by atoms with E-state index in [1.165, 1.54) is 12.1 Å². The SMILES string of the molecule is N#CC(=Cc1c[nH]c2ccccc12)c1ccc([N+](=O)[O-])cc1. The molecular weight excluding hydrogens is 278 g/mol. The highest BCUT2D eigenvalue weighted by Crippen LogP contribution is 2.24. The molecule has 3 aromatic rings. The van der Waals surface area contributed by atoms with Gasteiger partial charge in [0.1, 0.15) is 0 Å². The molecule has 0 bridgehead atoms. The Labute approximate surface area is 126 Å². The van der Waals surface area contributed by atoms with Crippen molar-refractivity contribution in [1.29, 1.82) is 5.26 Å². The molecule has 0 saturated carbocycles. The summed E-state index contributed by atoms with van der Waals surface area (Å²) in [6, 6.07) is 15.9. The van der Waals surface area contributed by atoms with Crippen LogP contribution in [-0.4, -0.2) is 9.91 Å². The first-order valence-corrected chi connectivity index (χ1v) is 6.62. The lowest BCUT2D eigenvalue weighted by atomic mass is 10.0. The summed E-state index contributed by atoms with van der Waals surface area (Å²) in [4.78, 5) is 13.4. The molecule has 0 unspecified atom stereocenters. The summed E-state index contributed by atoms with van der Waals surface area (Å²) in [5.41, 5.74) is 3.02. The van der Waals surface area contributed by atoms with Gasteiger partial charge in [0, 0.05) is 34.8 Å². The fraction of sp³-hybridized carbons (Fsp3) is 0. The first kappa shape index (κ1) is 13.6. The zero-order valence-corrected chi connectivity index (χ0v) is 11.5. The minimum absolute atomic E-state index is 0.00753. The number of para-hydroxylation sites is 1. The third-order valence-corrected chi connectivity index (χ3v) is 3.43. The first-order valence-electron chi connectivity index (χ1n) is 6.62. The highest BCUT2D eigenvalue weighted by molar-refractivity contribution is 5.97. The van der Waals surface area contributed by atoms with Gasteiger partial charge in [-0.1, -0.05) is 18.2 Å². The molecule has 22 heavy (non-hydrogen) atoms. The zero-order valence-electron chi connectivity index (χ0n) is 11.5. The molecule has 3 rings (SSSR count). The van der Waals surface area contributed by atoms with Crippen LogP contribution in [0.4, 0.5) is 5.69 Å². The van der Waals surface area contributed by atoms with Crippen LogP contribution in [0, 0.1) is 21.4 Å². The van der Waals surface area contributed by atoms with E-state index in [1.807, 2.05) is 30.5 Å². The Morgan fingerprint density at radius 1 is 1.18 bits per heavy atom. The van der Waals surface area contributed by atoms with Gasteiger partial charge in [-0.3, -0.25) is 10.1 Å². The van der Waals surface area contributed by atoms with E-state index in [2.05, 4.69) is 11.1 Å². The number of allylic oxidation sites excluding steroid dienone is 1. The molecule has 5 heteroatoms. The number of benzene rings is 2. The molecule has 0 aliphatic carbocycles. The van der Waals surface area contributed by atoms with Gasteiger partial charge in [-0.2, -0.15) is 5.26 Å². The summed E-state index contributed by atoms with van der Waals surface area (Å²) >= 11 is 0. The lowest BCUT2D eigenvalue weighted by Crippen LogP contribution is -1.88. The quantitative estimate of drug-likeness (QED) is 0.447. The highest BCUT2D eigenvalue weighted by atomic mass is 16.6. The molecule has 0 amide bonds. The maximum absolute atomic E-state index is 10.7. The summed E-state index contributed by atoms with van der Waals surface area (Å²) in [6.07, 6.45) is 3.62. The molecule has 2 aromatic carbocycles. The van der Waals surface area contributed by atoms with E-state index in [-0.39, 0.29) is 5.69 Å². The van der Waals surface area contributed by atoms with Gasteiger partial charge in [0.05, 0.1) is 16.6 Å². The largest absolute Gasteiger partial charge is 0.361 e. The van der Waals surface area contributed by atoms with Crippen LogP contribution in [0.25, 0.3) is 22.6 Å². The molecule has 0 fully saturated rings. The number of H-pyrrole nitrogens is 1. The predicted octanol–water partition coefficient (Wildman–Crippen LogP) is 4.14. The van der Waals surface area contributed by atoms with Gasteiger partial charge in [-0.05, 0) is 29.8 Å². The lowest BCUT2D eigenvalue weighted by molar-refractivity contribution is -0.384. The number of nitrogens with one attached hydrogen (secondary N) is 1. The van der Waals surface area contributed by atoms with E-state index < -0.39 is 4.92 Å². The van der Waals surface area contributed by atoms with Gasteiger partial charge in [0.25, 0.3) is 5.69 Å². The van der Waals surface area contributed by atoms with Crippen molar-refractivity contribution in [2.45, 2.75) is 0 Å². The molecule has 106 valence electrons. The average molecular weight is 289 g/mol. The van der Waals surface area contributed by atoms with Crippen LogP contribution in [-0.2, 0) is 0 Å². The minimum atomic E-state index is -0.459. The van der Waals surface area contributed by atoms with Gasteiger partial charge in [0.15, 0.2) is 0 Å².